The largest absolute Gasteiger partial charge is 0.496 e. The fourth-order valence-electron chi connectivity index (χ4n) is 4.32. The van der Waals surface area contributed by atoms with Gasteiger partial charge in [0.05, 0.1) is 17.9 Å². The Morgan fingerprint density at radius 3 is 2.58 bits per heavy atom. The zero-order chi connectivity index (χ0) is 22.0. The van der Waals surface area contributed by atoms with Crippen molar-refractivity contribution in [3.05, 3.63) is 58.1 Å². The molecule has 6 nitrogen and oxygen atoms in total. The fourth-order valence-corrected chi connectivity index (χ4v) is 6.03. The number of methoxy groups -OCH3 is 1. The van der Waals surface area contributed by atoms with Gasteiger partial charge in [0.2, 0.25) is 10.0 Å². The molecule has 2 aromatic rings. The smallest absolute Gasteiger partial charge is 0.309 e. The molecule has 0 saturated carbocycles. The van der Waals surface area contributed by atoms with Crippen molar-refractivity contribution in [1.82, 2.24) is 4.31 Å². The van der Waals surface area contributed by atoms with Crippen molar-refractivity contribution in [2.45, 2.75) is 43.6 Å². The minimum atomic E-state index is -3.55. The summed E-state index contributed by atoms with van der Waals surface area (Å²) in [5.74, 6) is -0.0410. The van der Waals surface area contributed by atoms with Gasteiger partial charge in [0.15, 0.2) is 0 Å². The molecule has 31 heavy (non-hydrogen) atoms. The standard InChI is InChI=1S/C23H26ClNO5S/c1-29-22-8-6-20(24)13-19(22)15-30-23(26)17-9-11-25(12-10-17)31(27,28)21-7-5-16-3-2-4-18(16)14-21/h5-8,13-14,17H,2-4,9-12,15H2,1H3. The van der Waals surface area contributed by atoms with Crippen LogP contribution in [0.5, 0.6) is 5.75 Å². The van der Waals surface area contributed by atoms with Crippen LogP contribution in [0.4, 0.5) is 0 Å². The third-order valence-electron chi connectivity index (χ3n) is 6.11. The highest BCUT2D eigenvalue weighted by molar-refractivity contribution is 7.89. The van der Waals surface area contributed by atoms with Gasteiger partial charge >= 0.3 is 5.97 Å². The Labute approximate surface area is 188 Å². The molecule has 0 atom stereocenters. The zero-order valence-electron chi connectivity index (χ0n) is 17.5. The Hall–Kier alpha value is -2.09. The number of aryl methyl sites for hydroxylation is 2. The number of hydrogen-bond donors (Lipinski definition) is 0. The molecular weight excluding hydrogens is 438 g/mol. The van der Waals surface area contributed by atoms with Gasteiger partial charge in [-0.2, -0.15) is 4.31 Å². The number of hydrogen-bond acceptors (Lipinski definition) is 5. The van der Waals surface area contributed by atoms with Gasteiger partial charge < -0.3 is 9.47 Å². The molecule has 0 bridgehead atoms. The normalized spacial score (nSPS) is 17.4. The zero-order valence-corrected chi connectivity index (χ0v) is 19.0. The first kappa shape index (κ1) is 22.1. The molecule has 1 fully saturated rings. The van der Waals surface area contributed by atoms with Crippen molar-refractivity contribution in [3.8, 4) is 5.75 Å². The fraction of sp³-hybridized carbons (Fsp3) is 0.435. The van der Waals surface area contributed by atoms with E-state index in [1.165, 1.54) is 9.87 Å². The van der Waals surface area contributed by atoms with Crippen LogP contribution in [0.2, 0.25) is 5.02 Å². The van der Waals surface area contributed by atoms with Crippen molar-refractivity contribution in [3.63, 3.8) is 0 Å². The van der Waals surface area contributed by atoms with Crippen molar-refractivity contribution in [2.75, 3.05) is 20.2 Å². The van der Waals surface area contributed by atoms with Gasteiger partial charge in [0.25, 0.3) is 0 Å². The van der Waals surface area contributed by atoms with E-state index in [1.54, 1.807) is 31.4 Å². The van der Waals surface area contributed by atoms with Crippen LogP contribution in [0.1, 0.15) is 36.0 Å². The summed E-state index contributed by atoms with van der Waals surface area (Å²) in [6, 6.07) is 10.6. The SMILES string of the molecule is COc1ccc(Cl)cc1COC(=O)C1CCN(S(=O)(=O)c2ccc3c(c2)CCC3)CC1. The van der Waals surface area contributed by atoms with E-state index < -0.39 is 10.0 Å². The van der Waals surface area contributed by atoms with Gasteiger partial charge in [-0.15, -0.1) is 0 Å². The van der Waals surface area contributed by atoms with E-state index in [0.717, 1.165) is 24.8 Å². The highest BCUT2D eigenvalue weighted by atomic mass is 35.5. The summed E-state index contributed by atoms with van der Waals surface area (Å²) in [6.45, 7) is 0.676. The molecule has 0 spiro atoms. The predicted molar refractivity (Wildman–Crippen MR) is 118 cm³/mol. The number of piperidine rings is 1. The predicted octanol–water partition coefficient (Wildman–Crippen LogP) is 3.98. The summed E-state index contributed by atoms with van der Waals surface area (Å²) in [6.07, 6.45) is 3.91. The average molecular weight is 464 g/mol. The van der Waals surface area contributed by atoms with E-state index in [-0.39, 0.29) is 18.5 Å². The first-order valence-electron chi connectivity index (χ1n) is 10.5. The third-order valence-corrected chi connectivity index (χ3v) is 8.24. The number of carbonyl (C=O) groups is 1. The van der Waals surface area contributed by atoms with Crippen LogP contribution in [0.25, 0.3) is 0 Å². The molecule has 2 aliphatic rings. The second kappa shape index (κ2) is 9.18. The number of rotatable bonds is 6. The lowest BCUT2D eigenvalue weighted by molar-refractivity contribution is -0.151. The molecular formula is C23H26ClNO5S. The monoisotopic (exact) mass is 463 g/mol. The van der Waals surface area contributed by atoms with Gasteiger partial charge in [-0.3, -0.25) is 4.79 Å². The lowest BCUT2D eigenvalue weighted by Gasteiger charge is -2.30. The molecule has 4 rings (SSSR count). The maximum absolute atomic E-state index is 13.1. The molecule has 2 aromatic carbocycles. The van der Waals surface area contributed by atoms with Crippen molar-refractivity contribution in [2.24, 2.45) is 5.92 Å². The van der Waals surface area contributed by atoms with Crippen LogP contribution in [0.3, 0.4) is 0 Å². The Kier molecular flexibility index (Phi) is 6.55. The lowest BCUT2D eigenvalue weighted by Crippen LogP contribution is -2.40. The van der Waals surface area contributed by atoms with Crippen LogP contribution >= 0.6 is 11.6 Å². The van der Waals surface area contributed by atoms with Gasteiger partial charge in [0, 0.05) is 23.7 Å². The van der Waals surface area contributed by atoms with Crippen molar-refractivity contribution in [1.29, 1.82) is 0 Å². The van der Waals surface area contributed by atoms with Crippen LogP contribution < -0.4 is 4.74 Å². The van der Waals surface area contributed by atoms with Crippen molar-refractivity contribution < 1.29 is 22.7 Å². The van der Waals surface area contributed by atoms with E-state index in [4.69, 9.17) is 21.1 Å². The molecule has 0 radical (unpaired) electrons. The van der Waals surface area contributed by atoms with Crippen LogP contribution in [-0.4, -0.2) is 38.9 Å². The molecule has 1 aliphatic heterocycles. The Morgan fingerprint density at radius 2 is 1.84 bits per heavy atom. The van der Waals surface area contributed by atoms with E-state index in [1.807, 2.05) is 12.1 Å². The number of ether oxygens (including phenoxy) is 2. The molecule has 166 valence electrons. The summed E-state index contributed by atoms with van der Waals surface area (Å²) >= 11 is 6.02. The van der Waals surface area contributed by atoms with Crippen LogP contribution in [0, 0.1) is 5.92 Å². The van der Waals surface area contributed by atoms with E-state index in [0.29, 0.717) is 47.2 Å². The summed E-state index contributed by atoms with van der Waals surface area (Å²) in [5.41, 5.74) is 3.08. The number of esters is 1. The Bertz CT molecular complexity index is 1080. The number of nitrogens with zero attached hydrogens (tertiary/aromatic N) is 1. The maximum Gasteiger partial charge on any atom is 0.309 e. The van der Waals surface area contributed by atoms with Crippen LogP contribution in [0.15, 0.2) is 41.3 Å². The van der Waals surface area contributed by atoms with Gasteiger partial charge in [-0.05, 0) is 73.6 Å². The van der Waals surface area contributed by atoms with Gasteiger partial charge in [0.1, 0.15) is 12.4 Å². The number of carbonyl (C=O) groups excluding carboxylic acids is 1. The average Bonchev–Trinajstić information content (AvgIpc) is 3.25. The third kappa shape index (κ3) is 4.73. The molecule has 0 amide bonds. The molecule has 1 aliphatic carbocycles. The first-order chi connectivity index (χ1) is 14.9. The second-order valence-corrected chi connectivity index (χ2v) is 10.4. The van der Waals surface area contributed by atoms with Crippen molar-refractivity contribution >= 4 is 27.6 Å². The number of sulfonamides is 1. The van der Waals surface area contributed by atoms with E-state index in [9.17, 15) is 13.2 Å². The summed E-state index contributed by atoms with van der Waals surface area (Å²) in [4.78, 5) is 12.9. The highest BCUT2D eigenvalue weighted by Gasteiger charge is 2.33. The van der Waals surface area contributed by atoms with E-state index in [2.05, 4.69) is 0 Å². The second-order valence-electron chi connectivity index (χ2n) is 8.03. The topological polar surface area (TPSA) is 72.9 Å². The summed E-state index contributed by atoms with van der Waals surface area (Å²) in [5, 5.41) is 0.539. The quantitative estimate of drug-likeness (QED) is 0.606. The molecule has 0 unspecified atom stereocenters. The van der Waals surface area contributed by atoms with Gasteiger partial charge in [-0.25, -0.2) is 8.42 Å². The lowest BCUT2D eigenvalue weighted by atomic mass is 9.98. The number of halogens is 1. The highest BCUT2D eigenvalue weighted by Crippen LogP contribution is 2.29. The summed E-state index contributed by atoms with van der Waals surface area (Å²) < 4.78 is 38.4. The molecule has 1 saturated heterocycles. The molecule has 8 heteroatoms. The summed E-state index contributed by atoms with van der Waals surface area (Å²) in [7, 11) is -2.00. The molecule has 0 N–H and O–H groups in total. The Balaban J connectivity index is 1.35. The molecule has 1 heterocycles. The number of fused-ring (bicyclic) bond motifs is 1. The number of benzene rings is 2. The first-order valence-corrected chi connectivity index (χ1v) is 12.3. The van der Waals surface area contributed by atoms with Crippen LogP contribution in [-0.2, 0) is 39.0 Å². The maximum atomic E-state index is 13.1. The molecule has 0 aromatic heterocycles. The minimum absolute atomic E-state index is 0.0657. The van der Waals surface area contributed by atoms with Gasteiger partial charge in [-0.1, -0.05) is 17.7 Å². The Morgan fingerprint density at radius 1 is 1.10 bits per heavy atom. The minimum Gasteiger partial charge on any atom is -0.496 e. The van der Waals surface area contributed by atoms with E-state index >= 15 is 0 Å².